The summed E-state index contributed by atoms with van der Waals surface area (Å²) >= 11 is 0. The third-order valence-corrected chi connectivity index (χ3v) is 4.85. The molecule has 0 bridgehead atoms. The highest BCUT2D eigenvalue weighted by Gasteiger charge is 2.38. The first-order valence-electron chi connectivity index (χ1n) is 7.30. The number of likely N-dealkylation sites (tertiary alicyclic amines) is 2. The molecule has 2 aliphatic heterocycles. The zero-order valence-corrected chi connectivity index (χ0v) is 11.6. The lowest BCUT2D eigenvalue weighted by Gasteiger charge is -2.46. The van der Waals surface area contributed by atoms with Gasteiger partial charge in [0.2, 0.25) is 0 Å². The fourth-order valence-electron chi connectivity index (χ4n) is 3.58. The van der Waals surface area contributed by atoms with Crippen LogP contribution in [0.15, 0.2) is 0 Å². The van der Waals surface area contributed by atoms with E-state index in [2.05, 4.69) is 23.8 Å². The van der Waals surface area contributed by atoms with Crippen molar-refractivity contribution in [2.24, 2.45) is 11.7 Å². The molecule has 2 saturated heterocycles. The first kappa shape index (κ1) is 13.3. The van der Waals surface area contributed by atoms with Crippen LogP contribution in [0.4, 0.5) is 0 Å². The Hall–Kier alpha value is -0.120. The fourth-order valence-corrected chi connectivity index (χ4v) is 3.58. The Morgan fingerprint density at radius 1 is 1.18 bits per heavy atom. The molecule has 0 aliphatic carbocycles. The molecular formula is C14H29N3. The van der Waals surface area contributed by atoms with Crippen molar-refractivity contribution < 1.29 is 0 Å². The van der Waals surface area contributed by atoms with Gasteiger partial charge in [0, 0.05) is 18.6 Å². The maximum Gasteiger partial charge on any atom is 0.0344 e. The van der Waals surface area contributed by atoms with Crippen LogP contribution in [0.3, 0.4) is 0 Å². The lowest BCUT2D eigenvalue weighted by Crippen LogP contribution is -2.57. The molecular weight excluding hydrogens is 210 g/mol. The van der Waals surface area contributed by atoms with Crippen LogP contribution in [0, 0.1) is 5.92 Å². The molecule has 0 radical (unpaired) electrons. The number of nitrogens with two attached hydrogens (primary N) is 1. The van der Waals surface area contributed by atoms with Crippen molar-refractivity contribution >= 4 is 0 Å². The molecule has 0 saturated carbocycles. The van der Waals surface area contributed by atoms with E-state index >= 15 is 0 Å². The fraction of sp³-hybridized carbons (Fsp3) is 1.00. The van der Waals surface area contributed by atoms with Gasteiger partial charge in [0.25, 0.3) is 0 Å². The van der Waals surface area contributed by atoms with Gasteiger partial charge >= 0.3 is 0 Å². The highest BCUT2D eigenvalue weighted by molar-refractivity contribution is 4.95. The second-order valence-electron chi connectivity index (χ2n) is 6.28. The number of hydrogen-bond donors (Lipinski definition) is 1. The molecule has 0 aromatic rings. The summed E-state index contributed by atoms with van der Waals surface area (Å²) in [6.07, 6.45) is 6.61. The zero-order valence-electron chi connectivity index (χ0n) is 11.6. The predicted octanol–water partition coefficient (Wildman–Crippen LogP) is 1.53. The Balaban J connectivity index is 2.06. The molecule has 100 valence electrons. The summed E-state index contributed by atoms with van der Waals surface area (Å²) in [5, 5.41) is 0. The van der Waals surface area contributed by atoms with Gasteiger partial charge in [-0.3, -0.25) is 4.90 Å². The molecule has 17 heavy (non-hydrogen) atoms. The second-order valence-corrected chi connectivity index (χ2v) is 6.28. The number of rotatable bonds is 2. The zero-order chi connectivity index (χ0) is 12.3. The molecule has 3 heteroatoms. The van der Waals surface area contributed by atoms with Gasteiger partial charge in [-0.2, -0.15) is 0 Å². The van der Waals surface area contributed by atoms with Crippen molar-refractivity contribution in [3.8, 4) is 0 Å². The van der Waals surface area contributed by atoms with Gasteiger partial charge in [0.1, 0.15) is 0 Å². The van der Waals surface area contributed by atoms with Crippen LogP contribution < -0.4 is 5.73 Å². The third-order valence-electron chi connectivity index (χ3n) is 4.85. The topological polar surface area (TPSA) is 32.5 Å². The largest absolute Gasteiger partial charge is 0.329 e. The minimum atomic E-state index is 0.305. The predicted molar refractivity (Wildman–Crippen MR) is 73.1 cm³/mol. The van der Waals surface area contributed by atoms with Gasteiger partial charge < -0.3 is 10.6 Å². The highest BCUT2D eigenvalue weighted by Crippen LogP contribution is 2.31. The summed E-state index contributed by atoms with van der Waals surface area (Å²) in [5.41, 5.74) is 6.47. The van der Waals surface area contributed by atoms with Gasteiger partial charge in [0.05, 0.1) is 0 Å². The molecule has 3 nitrogen and oxygen atoms in total. The standard InChI is InChI=1S/C14H29N3/c1-13-5-3-9-17(11-13)14(12-15)6-4-8-16(2)10-7-14/h13H,3-12,15H2,1-2H3. The van der Waals surface area contributed by atoms with E-state index in [4.69, 9.17) is 5.73 Å². The number of nitrogens with zero attached hydrogens (tertiary/aromatic N) is 2. The van der Waals surface area contributed by atoms with E-state index in [1.54, 1.807) is 0 Å². The molecule has 2 unspecified atom stereocenters. The molecule has 0 aromatic heterocycles. The normalized spacial score (nSPS) is 37.9. The Morgan fingerprint density at radius 3 is 2.71 bits per heavy atom. The Kier molecular flexibility index (Phi) is 4.45. The van der Waals surface area contributed by atoms with Gasteiger partial charge in [-0.25, -0.2) is 0 Å². The smallest absolute Gasteiger partial charge is 0.0344 e. The number of hydrogen-bond acceptors (Lipinski definition) is 3. The maximum atomic E-state index is 6.17. The molecule has 2 aliphatic rings. The maximum absolute atomic E-state index is 6.17. The summed E-state index contributed by atoms with van der Waals surface area (Å²) in [7, 11) is 2.24. The monoisotopic (exact) mass is 239 g/mol. The summed E-state index contributed by atoms with van der Waals surface area (Å²) in [4.78, 5) is 5.19. The Morgan fingerprint density at radius 2 is 2.00 bits per heavy atom. The van der Waals surface area contributed by atoms with E-state index in [-0.39, 0.29) is 0 Å². The van der Waals surface area contributed by atoms with Gasteiger partial charge in [-0.1, -0.05) is 6.92 Å². The van der Waals surface area contributed by atoms with Crippen LogP contribution in [0.25, 0.3) is 0 Å². The highest BCUT2D eigenvalue weighted by atomic mass is 15.2. The lowest BCUT2D eigenvalue weighted by molar-refractivity contribution is 0.0402. The van der Waals surface area contributed by atoms with Crippen LogP contribution in [0.1, 0.15) is 39.0 Å². The van der Waals surface area contributed by atoms with Gasteiger partial charge in [0.15, 0.2) is 0 Å². The van der Waals surface area contributed by atoms with Crippen LogP contribution >= 0.6 is 0 Å². The summed E-state index contributed by atoms with van der Waals surface area (Å²) < 4.78 is 0. The average Bonchev–Trinajstić information content (AvgIpc) is 2.52. The van der Waals surface area contributed by atoms with Crippen molar-refractivity contribution in [3.63, 3.8) is 0 Å². The lowest BCUT2D eigenvalue weighted by atomic mass is 9.85. The summed E-state index contributed by atoms with van der Waals surface area (Å²) in [6, 6.07) is 0. The average molecular weight is 239 g/mol. The van der Waals surface area contributed by atoms with Crippen molar-refractivity contribution in [2.75, 3.05) is 39.8 Å². The quantitative estimate of drug-likeness (QED) is 0.793. The van der Waals surface area contributed by atoms with E-state index in [1.807, 2.05) is 0 Å². The second kappa shape index (κ2) is 5.68. The van der Waals surface area contributed by atoms with Crippen LogP contribution in [0.5, 0.6) is 0 Å². The minimum Gasteiger partial charge on any atom is -0.329 e. The van der Waals surface area contributed by atoms with Crippen molar-refractivity contribution in [3.05, 3.63) is 0 Å². The minimum absolute atomic E-state index is 0.305. The molecule has 2 heterocycles. The molecule has 2 fully saturated rings. The van der Waals surface area contributed by atoms with Crippen LogP contribution in [-0.4, -0.2) is 55.1 Å². The summed E-state index contributed by atoms with van der Waals surface area (Å²) in [6.45, 7) is 8.21. The van der Waals surface area contributed by atoms with Crippen molar-refractivity contribution in [1.82, 2.24) is 9.80 Å². The molecule has 2 atom stereocenters. The Bertz CT molecular complexity index is 244. The van der Waals surface area contributed by atoms with Crippen molar-refractivity contribution in [2.45, 2.75) is 44.6 Å². The van der Waals surface area contributed by atoms with E-state index in [1.165, 1.54) is 58.3 Å². The molecule has 0 aromatic carbocycles. The van der Waals surface area contributed by atoms with E-state index in [0.717, 1.165) is 12.5 Å². The SMILES string of the molecule is CC1CCCN(C2(CN)CCCN(C)CC2)C1. The molecule has 0 spiro atoms. The third kappa shape index (κ3) is 3.01. The molecule has 2 rings (SSSR count). The van der Waals surface area contributed by atoms with E-state index < -0.39 is 0 Å². The van der Waals surface area contributed by atoms with Crippen molar-refractivity contribution in [1.29, 1.82) is 0 Å². The van der Waals surface area contributed by atoms with Crippen LogP contribution in [0.2, 0.25) is 0 Å². The molecule has 0 amide bonds. The summed E-state index contributed by atoms with van der Waals surface area (Å²) in [5.74, 6) is 0.855. The first-order valence-corrected chi connectivity index (χ1v) is 7.30. The van der Waals surface area contributed by atoms with Crippen LogP contribution in [-0.2, 0) is 0 Å². The first-order chi connectivity index (χ1) is 8.16. The Labute approximate surface area is 106 Å². The van der Waals surface area contributed by atoms with Gasteiger partial charge in [-0.15, -0.1) is 0 Å². The van der Waals surface area contributed by atoms with E-state index in [9.17, 15) is 0 Å². The number of piperidine rings is 1. The van der Waals surface area contributed by atoms with Gasteiger partial charge in [-0.05, 0) is 64.7 Å². The molecule has 2 N–H and O–H groups in total. The van der Waals surface area contributed by atoms with E-state index in [0.29, 0.717) is 5.54 Å².